The molecule has 2 aromatic rings. The number of nitriles is 1. The summed E-state index contributed by atoms with van der Waals surface area (Å²) >= 11 is 0. The molecule has 1 heterocycles. The maximum Gasteiger partial charge on any atom is 0.253 e. The molecule has 2 amide bonds. The minimum Gasteiger partial charge on any atom is -0.492 e. The highest BCUT2D eigenvalue weighted by Crippen LogP contribution is 2.29. The van der Waals surface area contributed by atoms with E-state index in [0.717, 1.165) is 24.5 Å². The number of nitrogens with zero attached hydrogens (tertiary/aromatic N) is 3. The lowest BCUT2D eigenvalue weighted by Crippen LogP contribution is -2.48. The van der Waals surface area contributed by atoms with Gasteiger partial charge in [-0.1, -0.05) is 12.1 Å². The Bertz CT molecular complexity index is 897. The number of carbonyl (C=O) groups is 2. The van der Waals surface area contributed by atoms with Crippen LogP contribution < -0.4 is 15.0 Å². The van der Waals surface area contributed by atoms with Gasteiger partial charge in [0, 0.05) is 37.4 Å². The maximum absolute atomic E-state index is 12.8. The summed E-state index contributed by atoms with van der Waals surface area (Å²) in [5.74, 6) is 0.469. The summed E-state index contributed by atoms with van der Waals surface area (Å²) in [5, 5.41) is 11.2. The van der Waals surface area contributed by atoms with Gasteiger partial charge >= 0.3 is 0 Å². The van der Waals surface area contributed by atoms with E-state index in [2.05, 4.69) is 10.2 Å². The fourth-order valence-corrected chi connectivity index (χ4v) is 3.30. The molecule has 0 spiro atoms. The van der Waals surface area contributed by atoms with E-state index in [1.807, 2.05) is 36.1 Å². The summed E-state index contributed by atoms with van der Waals surface area (Å²) in [4.78, 5) is 28.3. The van der Waals surface area contributed by atoms with Crippen molar-refractivity contribution in [2.45, 2.75) is 13.3 Å². The lowest BCUT2D eigenvalue weighted by Gasteiger charge is -2.36. The summed E-state index contributed by atoms with van der Waals surface area (Å²) in [7, 11) is 0. The van der Waals surface area contributed by atoms with E-state index >= 15 is 0 Å². The van der Waals surface area contributed by atoms with Crippen molar-refractivity contribution in [2.24, 2.45) is 0 Å². The van der Waals surface area contributed by atoms with E-state index in [0.29, 0.717) is 30.9 Å². The SMILES string of the molecule is CCOc1ccccc1N1CCN(C(=O)c2ccc(NC(=O)CC#N)cc2)CC1. The first kappa shape index (κ1) is 20.2. The second-order valence-corrected chi connectivity index (χ2v) is 6.64. The van der Waals surface area contributed by atoms with Gasteiger partial charge in [0.1, 0.15) is 12.2 Å². The molecule has 0 saturated carbocycles. The molecule has 7 heteroatoms. The van der Waals surface area contributed by atoms with E-state index in [4.69, 9.17) is 10.00 Å². The molecular weight excluding hydrogens is 368 g/mol. The molecule has 1 aliphatic rings. The predicted molar refractivity (Wildman–Crippen MR) is 111 cm³/mol. The summed E-state index contributed by atoms with van der Waals surface area (Å²) in [6.07, 6.45) is -0.197. The zero-order valence-corrected chi connectivity index (χ0v) is 16.4. The predicted octanol–water partition coefficient (Wildman–Crippen LogP) is 2.90. The van der Waals surface area contributed by atoms with Crippen molar-refractivity contribution in [1.29, 1.82) is 5.26 Å². The molecule has 2 aromatic carbocycles. The molecular formula is C22H24N4O3. The number of amides is 2. The van der Waals surface area contributed by atoms with Crippen LogP contribution in [0.5, 0.6) is 5.75 Å². The minimum atomic E-state index is -0.366. The van der Waals surface area contributed by atoms with E-state index in [9.17, 15) is 9.59 Å². The molecule has 1 aliphatic heterocycles. The highest BCUT2D eigenvalue weighted by atomic mass is 16.5. The van der Waals surface area contributed by atoms with E-state index in [1.165, 1.54) is 0 Å². The molecule has 1 saturated heterocycles. The first-order valence-corrected chi connectivity index (χ1v) is 9.65. The number of anilines is 2. The Morgan fingerprint density at radius 3 is 2.41 bits per heavy atom. The molecule has 150 valence electrons. The Morgan fingerprint density at radius 1 is 1.07 bits per heavy atom. The van der Waals surface area contributed by atoms with E-state index in [1.54, 1.807) is 30.3 Å². The zero-order chi connectivity index (χ0) is 20.6. The zero-order valence-electron chi connectivity index (χ0n) is 16.4. The normalized spacial score (nSPS) is 13.5. The van der Waals surface area contributed by atoms with Gasteiger partial charge in [0.2, 0.25) is 5.91 Å². The fourth-order valence-electron chi connectivity index (χ4n) is 3.30. The molecule has 0 aromatic heterocycles. The summed E-state index contributed by atoms with van der Waals surface area (Å²) in [6, 6.07) is 16.5. The number of hydrogen-bond acceptors (Lipinski definition) is 5. The van der Waals surface area contributed by atoms with Crippen LogP contribution in [0.1, 0.15) is 23.7 Å². The van der Waals surface area contributed by atoms with Crippen molar-refractivity contribution in [3.63, 3.8) is 0 Å². The second kappa shape index (κ2) is 9.60. The number of para-hydroxylation sites is 2. The average Bonchev–Trinajstić information content (AvgIpc) is 2.75. The van der Waals surface area contributed by atoms with Crippen LogP contribution in [-0.4, -0.2) is 49.5 Å². The monoisotopic (exact) mass is 392 g/mol. The van der Waals surface area contributed by atoms with Gasteiger partial charge in [-0.3, -0.25) is 9.59 Å². The molecule has 1 N–H and O–H groups in total. The van der Waals surface area contributed by atoms with Gasteiger partial charge in [0.25, 0.3) is 5.91 Å². The van der Waals surface area contributed by atoms with Crippen LogP contribution in [0.15, 0.2) is 48.5 Å². The average molecular weight is 392 g/mol. The first-order chi connectivity index (χ1) is 14.1. The van der Waals surface area contributed by atoms with Gasteiger partial charge in [-0.05, 0) is 43.3 Å². The van der Waals surface area contributed by atoms with Crippen LogP contribution in [0.25, 0.3) is 0 Å². The Kier molecular flexibility index (Phi) is 6.69. The topological polar surface area (TPSA) is 85.7 Å². The molecule has 0 radical (unpaired) electrons. The molecule has 1 fully saturated rings. The Morgan fingerprint density at radius 2 is 1.76 bits per heavy atom. The van der Waals surface area contributed by atoms with Crippen molar-refractivity contribution in [1.82, 2.24) is 4.90 Å². The van der Waals surface area contributed by atoms with Gasteiger partial charge in [-0.25, -0.2) is 0 Å². The number of carbonyl (C=O) groups excluding carboxylic acids is 2. The third-order valence-corrected chi connectivity index (χ3v) is 4.73. The highest BCUT2D eigenvalue weighted by Gasteiger charge is 2.23. The summed E-state index contributed by atoms with van der Waals surface area (Å²) in [6.45, 7) is 5.30. The van der Waals surface area contributed by atoms with Crippen LogP contribution in [0, 0.1) is 11.3 Å². The molecule has 0 aliphatic carbocycles. The third-order valence-electron chi connectivity index (χ3n) is 4.73. The molecule has 29 heavy (non-hydrogen) atoms. The first-order valence-electron chi connectivity index (χ1n) is 9.65. The van der Waals surface area contributed by atoms with Crippen molar-refractivity contribution >= 4 is 23.2 Å². The third kappa shape index (κ3) is 5.05. The molecule has 0 atom stereocenters. The van der Waals surface area contributed by atoms with Gasteiger partial charge in [0.15, 0.2) is 0 Å². The summed E-state index contributed by atoms with van der Waals surface area (Å²) < 4.78 is 5.72. The van der Waals surface area contributed by atoms with Crippen LogP contribution in [-0.2, 0) is 4.79 Å². The smallest absolute Gasteiger partial charge is 0.253 e. The Labute approximate surface area is 170 Å². The largest absolute Gasteiger partial charge is 0.492 e. The number of piperazine rings is 1. The number of rotatable bonds is 6. The quantitative estimate of drug-likeness (QED) is 0.817. The number of ether oxygens (including phenoxy) is 1. The Balaban J connectivity index is 1.59. The number of benzene rings is 2. The van der Waals surface area contributed by atoms with E-state index in [-0.39, 0.29) is 18.2 Å². The number of hydrogen-bond donors (Lipinski definition) is 1. The molecule has 0 bridgehead atoms. The summed E-state index contributed by atoms with van der Waals surface area (Å²) in [5.41, 5.74) is 2.20. The van der Waals surface area contributed by atoms with Crippen LogP contribution in [0.2, 0.25) is 0 Å². The molecule has 0 unspecified atom stereocenters. The Hall–Kier alpha value is -3.53. The van der Waals surface area contributed by atoms with Gasteiger partial charge in [0.05, 0.1) is 18.4 Å². The van der Waals surface area contributed by atoms with Crippen LogP contribution in [0.4, 0.5) is 11.4 Å². The van der Waals surface area contributed by atoms with Crippen LogP contribution in [0.3, 0.4) is 0 Å². The van der Waals surface area contributed by atoms with Crippen molar-refractivity contribution in [2.75, 3.05) is 43.0 Å². The van der Waals surface area contributed by atoms with E-state index < -0.39 is 0 Å². The van der Waals surface area contributed by atoms with Crippen molar-refractivity contribution in [3.05, 3.63) is 54.1 Å². The lowest BCUT2D eigenvalue weighted by atomic mass is 10.1. The van der Waals surface area contributed by atoms with Crippen molar-refractivity contribution < 1.29 is 14.3 Å². The number of nitrogens with one attached hydrogen (secondary N) is 1. The fraction of sp³-hybridized carbons (Fsp3) is 0.318. The van der Waals surface area contributed by atoms with Crippen LogP contribution >= 0.6 is 0 Å². The second-order valence-electron chi connectivity index (χ2n) is 6.64. The maximum atomic E-state index is 12.8. The minimum absolute atomic E-state index is 0.0300. The molecule has 7 nitrogen and oxygen atoms in total. The lowest BCUT2D eigenvalue weighted by molar-refractivity contribution is -0.115. The standard InChI is InChI=1S/C22H24N4O3/c1-2-29-20-6-4-3-5-19(20)25-13-15-26(16-14-25)22(28)17-7-9-18(10-8-17)24-21(27)11-12-23/h3-10H,2,11,13-16H2,1H3,(H,24,27). The van der Waals surface area contributed by atoms with Gasteiger partial charge < -0.3 is 19.9 Å². The van der Waals surface area contributed by atoms with Crippen molar-refractivity contribution in [3.8, 4) is 11.8 Å². The van der Waals surface area contributed by atoms with Gasteiger partial charge in [-0.2, -0.15) is 5.26 Å². The van der Waals surface area contributed by atoms with Gasteiger partial charge in [-0.15, -0.1) is 0 Å². The molecule has 3 rings (SSSR count). The highest BCUT2D eigenvalue weighted by molar-refractivity contribution is 5.96.